The minimum absolute atomic E-state index is 0.109. The minimum atomic E-state index is -4.96. The van der Waals surface area contributed by atoms with Crippen LogP contribution in [0.25, 0.3) is 0 Å². The number of unbranched alkanes of at least 4 members (excludes halogenated alkanes) is 58. The van der Waals surface area contributed by atoms with Crippen molar-refractivity contribution in [1.29, 1.82) is 0 Å². The molecule has 0 aliphatic heterocycles. The Kier molecular flexibility index (Phi) is 75.8. The SMILES string of the molecule is CCCCCCCCCCCCCCCCCCCCC(=O)O[C@H](COC(=O)CCCCCCCCCCCCCCCCCC)COP(=O)(O)OC[C@@H](O)COP(=O)(O)OC[C@@H](COC(=O)CCCCCCCCCCCCCC)OC(=O)CCCCCCCCCCCCCCCCCC. The van der Waals surface area contributed by atoms with Crippen LogP contribution in [-0.4, -0.2) is 96.7 Å². The molecule has 0 saturated carbocycles. The van der Waals surface area contributed by atoms with Crippen LogP contribution in [0.2, 0.25) is 0 Å². The fourth-order valence-electron chi connectivity index (χ4n) is 13.0. The maximum atomic E-state index is 13.1. The summed E-state index contributed by atoms with van der Waals surface area (Å²) >= 11 is 0. The van der Waals surface area contributed by atoms with Crippen LogP contribution in [-0.2, 0) is 65.4 Å². The third kappa shape index (κ3) is 76.3. The molecule has 0 saturated heterocycles. The maximum Gasteiger partial charge on any atom is 0.472 e. The van der Waals surface area contributed by atoms with E-state index >= 15 is 0 Å². The van der Waals surface area contributed by atoms with Crippen molar-refractivity contribution in [2.24, 2.45) is 0 Å². The molecule has 0 radical (unpaired) electrons. The molecule has 0 aromatic heterocycles. The number of hydrogen-bond donors (Lipinski definition) is 3. The Morgan fingerprint density at radius 1 is 0.235 bits per heavy atom. The van der Waals surface area contributed by atoms with Crippen LogP contribution in [0, 0.1) is 0 Å². The Labute approximate surface area is 626 Å². The summed E-state index contributed by atoms with van der Waals surface area (Å²) in [7, 11) is -9.92. The first-order chi connectivity index (χ1) is 49.7. The first-order valence-electron chi connectivity index (χ1n) is 43.3. The predicted octanol–water partition coefficient (Wildman–Crippen LogP) is 25.4. The van der Waals surface area contributed by atoms with E-state index in [1.807, 2.05) is 0 Å². The van der Waals surface area contributed by atoms with Crippen LogP contribution >= 0.6 is 15.6 Å². The summed E-state index contributed by atoms with van der Waals surface area (Å²) in [6.45, 7) is 5.05. The molecule has 0 fully saturated rings. The Hall–Kier alpha value is -1.94. The van der Waals surface area contributed by atoms with E-state index < -0.39 is 97.5 Å². The molecule has 606 valence electrons. The number of phosphoric ester groups is 2. The summed E-state index contributed by atoms with van der Waals surface area (Å²) in [5.41, 5.74) is 0. The molecule has 5 atom stereocenters. The lowest BCUT2D eigenvalue weighted by molar-refractivity contribution is -0.161. The number of esters is 4. The highest BCUT2D eigenvalue weighted by Crippen LogP contribution is 2.45. The largest absolute Gasteiger partial charge is 0.472 e. The number of ether oxygens (including phenoxy) is 4. The Balaban J connectivity index is 5.26. The fourth-order valence-corrected chi connectivity index (χ4v) is 14.6. The number of aliphatic hydroxyl groups is 1. The zero-order valence-electron chi connectivity index (χ0n) is 66.6. The van der Waals surface area contributed by atoms with Gasteiger partial charge in [0.1, 0.15) is 19.3 Å². The molecule has 19 heteroatoms. The molecule has 0 aliphatic carbocycles. The van der Waals surface area contributed by atoms with E-state index in [0.29, 0.717) is 25.7 Å². The molecule has 102 heavy (non-hydrogen) atoms. The van der Waals surface area contributed by atoms with Gasteiger partial charge in [0.05, 0.1) is 26.4 Å². The Bertz CT molecular complexity index is 1930. The van der Waals surface area contributed by atoms with Crippen molar-refractivity contribution in [3.05, 3.63) is 0 Å². The molecule has 3 N–H and O–H groups in total. The van der Waals surface area contributed by atoms with E-state index in [4.69, 9.17) is 37.0 Å². The zero-order valence-corrected chi connectivity index (χ0v) is 68.4. The van der Waals surface area contributed by atoms with E-state index in [1.165, 1.54) is 283 Å². The van der Waals surface area contributed by atoms with Gasteiger partial charge in [-0.05, 0) is 25.7 Å². The van der Waals surface area contributed by atoms with E-state index in [0.717, 1.165) is 89.9 Å². The average Bonchev–Trinajstić information content (AvgIpc) is 0.913. The van der Waals surface area contributed by atoms with Crippen molar-refractivity contribution in [1.82, 2.24) is 0 Å². The number of rotatable bonds is 84. The molecule has 0 heterocycles. The van der Waals surface area contributed by atoms with Gasteiger partial charge >= 0.3 is 39.5 Å². The number of phosphoric acid groups is 2. The summed E-state index contributed by atoms with van der Waals surface area (Å²) < 4.78 is 68.8. The smallest absolute Gasteiger partial charge is 0.462 e. The summed E-state index contributed by atoms with van der Waals surface area (Å²) in [6, 6.07) is 0. The minimum Gasteiger partial charge on any atom is -0.462 e. The third-order valence-corrected chi connectivity index (χ3v) is 21.5. The molecule has 0 rings (SSSR count). The van der Waals surface area contributed by atoms with Crippen LogP contribution in [0.5, 0.6) is 0 Å². The second kappa shape index (κ2) is 77.2. The van der Waals surface area contributed by atoms with Crippen LogP contribution < -0.4 is 0 Å². The zero-order chi connectivity index (χ0) is 74.6. The van der Waals surface area contributed by atoms with Crippen molar-refractivity contribution in [3.8, 4) is 0 Å². The quantitative estimate of drug-likeness (QED) is 0.0222. The highest BCUT2D eigenvalue weighted by atomic mass is 31.2. The van der Waals surface area contributed by atoms with Gasteiger partial charge in [0.25, 0.3) is 0 Å². The van der Waals surface area contributed by atoms with Gasteiger partial charge in [0.15, 0.2) is 12.2 Å². The van der Waals surface area contributed by atoms with Gasteiger partial charge in [-0.1, -0.05) is 400 Å². The van der Waals surface area contributed by atoms with Gasteiger partial charge in [0.2, 0.25) is 0 Å². The van der Waals surface area contributed by atoms with E-state index in [-0.39, 0.29) is 25.7 Å². The Morgan fingerprint density at radius 3 is 0.578 bits per heavy atom. The maximum absolute atomic E-state index is 13.1. The molecule has 0 aromatic carbocycles. The van der Waals surface area contributed by atoms with Gasteiger partial charge < -0.3 is 33.8 Å². The predicted molar refractivity (Wildman–Crippen MR) is 419 cm³/mol. The normalized spacial score (nSPS) is 13.8. The van der Waals surface area contributed by atoms with Crippen LogP contribution in [0.15, 0.2) is 0 Å². The van der Waals surface area contributed by atoms with Crippen molar-refractivity contribution in [2.75, 3.05) is 39.6 Å². The second-order valence-electron chi connectivity index (χ2n) is 29.9. The summed E-state index contributed by atoms with van der Waals surface area (Å²) in [6.07, 6.45) is 70.6. The van der Waals surface area contributed by atoms with Crippen LogP contribution in [0.3, 0.4) is 0 Å². The molecular formula is C83H162O17P2. The monoisotopic (exact) mass is 1490 g/mol. The second-order valence-corrected chi connectivity index (χ2v) is 32.8. The first-order valence-corrected chi connectivity index (χ1v) is 46.3. The van der Waals surface area contributed by atoms with E-state index in [1.54, 1.807) is 0 Å². The van der Waals surface area contributed by atoms with E-state index in [9.17, 15) is 43.2 Å². The highest BCUT2D eigenvalue weighted by molar-refractivity contribution is 7.47. The lowest BCUT2D eigenvalue weighted by Crippen LogP contribution is -2.30. The number of aliphatic hydroxyl groups excluding tert-OH is 1. The van der Waals surface area contributed by atoms with E-state index in [2.05, 4.69) is 27.7 Å². The van der Waals surface area contributed by atoms with Gasteiger partial charge in [-0.15, -0.1) is 0 Å². The van der Waals surface area contributed by atoms with Crippen molar-refractivity contribution < 1.29 is 80.2 Å². The molecule has 0 aliphatic rings. The van der Waals surface area contributed by atoms with Gasteiger partial charge in [-0.3, -0.25) is 37.3 Å². The lowest BCUT2D eigenvalue weighted by atomic mass is 10.0. The van der Waals surface area contributed by atoms with Crippen molar-refractivity contribution in [2.45, 2.75) is 470 Å². The topological polar surface area (TPSA) is 237 Å². The molecule has 0 amide bonds. The molecule has 2 unspecified atom stereocenters. The summed E-state index contributed by atoms with van der Waals surface area (Å²) in [4.78, 5) is 73.2. The van der Waals surface area contributed by atoms with Crippen molar-refractivity contribution in [3.63, 3.8) is 0 Å². The standard InChI is InChI=1S/C83H162O17P2/c1-5-9-13-17-21-25-29-33-36-39-40-43-46-50-54-58-62-66-70-83(88)100-79(74-94-81(86)68-64-60-56-52-48-44-41-37-34-30-26-22-18-14-10-6-2)76-98-102(91,92)96-72-77(84)71-95-101(89,90)97-75-78(73-93-80(85)67-63-59-55-51-47-32-28-24-20-16-12-8-4)99-82(87)69-65-61-57-53-49-45-42-38-35-31-27-23-19-15-11-7-3/h77-79,84H,5-76H2,1-4H3,(H,89,90)(H,91,92)/t77-,78+,79+/m0/s1. The fraction of sp³-hybridized carbons (Fsp3) is 0.952. The molecule has 0 bridgehead atoms. The number of carbonyl (C=O) groups excluding carboxylic acids is 4. The summed E-state index contributed by atoms with van der Waals surface area (Å²) in [5, 5.41) is 10.7. The van der Waals surface area contributed by atoms with Crippen LogP contribution in [0.4, 0.5) is 0 Å². The van der Waals surface area contributed by atoms with Gasteiger partial charge in [0, 0.05) is 25.7 Å². The third-order valence-electron chi connectivity index (χ3n) is 19.6. The molecular weight excluding hydrogens is 1330 g/mol. The first kappa shape index (κ1) is 100. The lowest BCUT2D eigenvalue weighted by Gasteiger charge is -2.21. The van der Waals surface area contributed by atoms with Gasteiger partial charge in [-0.2, -0.15) is 0 Å². The molecule has 0 spiro atoms. The molecule has 0 aromatic rings. The Morgan fingerprint density at radius 2 is 0.392 bits per heavy atom. The number of carbonyl (C=O) groups is 4. The molecule has 17 nitrogen and oxygen atoms in total. The average molecular weight is 1490 g/mol. The van der Waals surface area contributed by atoms with Gasteiger partial charge in [-0.25, -0.2) is 9.13 Å². The number of hydrogen-bond acceptors (Lipinski definition) is 15. The summed E-state index contributed by atoms with van der Waals surface area (Å²) in [5.74, 6) is -2.10. The highest BCUT2D eigenvalue weighted by Gasteiger charge is 2.30. The van der Waals surface area contributed by atoms with Crippen LogP contribution in [0.1, 0.15) is 451 Å². The van der Waals surface area contributed by atoms with Crippen molar-refractivity contribution >= 4 is 39.5 Å².